The SMILES string of the molecule is CC1=PC(C)(CCP(C#Cc2ccccc2)C#Cc2ccccc2)C(C)=C1C. The predicted molar refractivity (Wildman–Crippen MR) is 127 cm³/mol. The van der Waals surface area contributed by atoms with E-state index in [1.807, 2.05) is 36.4 Å². The van der Waals surface area contributed by atoms with Crippen molar-refractivity contribution in [3.8, 4) is 23.2 Å². The van der Waals surface area contributed by atoms with Crippen LogP contribution in [0.15, 0.2) is 71.8 Å². The molecule has 28 heavy (non-hydrogen) atoms. The molecule has 0 saturated heterocycles. The predicted octanol–water partition coefficient (Wildman–Crippen LogP) is 7.12. The summed E-state index contributed by atoms with van der Waals surface area (Å²) in [5.74, 6) is 6.71. The molecule has 0 N–H and O–H groups in total. The summed E-state index contributed by atoms with van der Waals surface area (Å²) in [5.41, 5.74) is 12.2. The van der Waals surface area contributed by atoms with Crippen molar-refractivity contribution >= 4 is 21.4 Å². The molecular formula is C26H26P2. The number of benzene rings is 2. The molecule has 2 aromatic carbocycles. The third kappa shape index (κ3) is 5.24. The van der Waals surface area contributed by atoms with Crippen LogP contribution < -0.4 is 0 Å². The molecule has 0 amide bonds. The van der Waals surface area contributed by atoms with E-state index in [1.165, 1.54) is 24.6 Å². The van der Waals surface area contributed by atoms with E-state index in [-0.39, 0.29) is 5.16 Å². The van der Waals surface area contributed by atoms with Crippen LogP contribution in [0.2, 0.25) is 0 Å². The van der Waals surface area contributed by atoms with Crippen molar-refractivity contribution in [2.75, 3.05) is 6.16 Å². The Morgan fingerprint density at radius 2 is 1.32 bits per heavy atom. The third-order valence-corrected chi connectivity index (χ3v) is 8.53. The van der Waals surface area contributed by atoms with Crippen LogP contribution in [0, 0.1) is 23.2 Å². The lowest BCUT2D eigenvalue weighted by atomic mass is 9.94. The molecule has 140 valence electrons. The Kier molecular flexibility index (Phi) is 6.93. The Morgan fingerprint density at radius 1 is 0.821 bits per heavy atom. The largest absolute Gasteiger partial charge is 0.0899 e. The first-order valence-electron chi connectivity index (χ1n) is 9.64. The maximum absolute atomic E-state index is 3.50. The summed E-state index contributed by atoms with van der Waals surface area (Å²) < 4.78 is 0. The standard InChI is InChI=1S/C26H26P2/c1-21-22(2)26(4,27-23(21)3)17-20-28(18-15-24-11-7-5-8-12-24)19-16-25-13-9-6-10-14-25/h5-14H,17,20H2,1-4H3. The molecule has 0 fully saturated rings. The molecule has 1 aliphatic rings. The molecule has 0 aromatic heterocycles. The highest BCUT2D eigenvalue weighted by Crippen LogP contribution is 2.47. The zero-order valence-corrected chi connectivity index (χ0v) is 18.9. The van der Waals surface area contributed by atoms with Gasteiger partial charge in [-0.25, -0.2) is 0 Å². The van der Waals surface area contributed by atoms with Crippen molar-refractivity contribution in [1.29, 1.82) is 0 Å². The van der Waals surface area contributed by atoms with Gasteiger partial charge in [-0.1, -0.05) is 73.3 Å². The fourth-order valence-corrected chi connectivity index (χ4v) is 6.52. The quantitative estimate of drug-likeness (QED) is 0.380. The molecule has 0 bridgehead atoms. The Bertz CT molecular complexity index is 951. The minimum absolute atomic E-state index is 0.234. The van der Waals surface area contributed by atoms with E-state index in [4.69, 9.17) is 0 Å². The van der Waals surface area contributed by atoms with Crippen molar-refractivity contribution in [3.63, 3.8) is 0 Å². The van der Waals surface area contributed by atoms with E-state index < -0.39 is 7.92 Å². The average molecular weight is 400 g/mol. The van der Waals surface area contributed by atoms with E-state index in [2.05, 4.69) is 75.1 Å². The molecule has 1 aliphatic heterocycles. The summed E-state index contributed by atoms with van der Waals surface area (Å²) in [4.78, 5) is 0. The van der Waals surface area contributed by atoms with E-state index >= 15 is 0 Å². The minimum Gasteiger partial charge on any atom is -0.0899 e. The fraction of sp³-hybridized carbons (Fsp3) is 0.269. The first kappa shape index (κ1) is 20.6. The Balaban J connectivity index is 1.81. The van der Waals surface area contributed by atoms with Crippen LogP contribution in [-0.2, 0) is 0 Å². The van der Waals surface area contributed by atoms with Crippen LogP contribution in [0.1, 0.15) is 45.2 Å². The smallest absolute Gasteiger partial charge is 0.0510 e. The molecule has 0 nitrogen and oxygen atoms in total. The van der Waals surface area contributed by atoms with Crippen molar-refractivity contribution < 1.29 is 0 Å². The van der Waals surface area contributed by atoms with Crippen LogP contribution in [0.3, 0.4) is 0 Å². The molecule has 2 heteroatoms. The van der Waals surface area contributed by atoms with Gasteiger partial charge in [0.2, 0.25) is 0 Å². The summed E-state index contributed by atoms with van der Waals surface area (Å²) in [6.45, 7) is 9.22. The second-order valence-corrected chi connectivity index (χ2v) is 11.0. The Hall–Kier alpha value is -2.10. The maximum atomic E-state index is 3.50. The first-order valence-corrected chi connectivity index (χ1v) is 12.1. The van der Waals surface area contributed by atoms with Gasteiger partial charge >= 0.3 is 0 Å². The maximum Gasteiger partial charge on any atom is 0.0510 e. The van der Waals surface area contributed by atoms with E-state index in [1.54, 1.807) is 0 Å². The van der Waals surface area contributed by atoms with Gasteiger partial charge in [-0.15, -0.1) is 0 Å². The van der Waals surface area contributed by atoms with Gasteiger partial charge in [0.05, 0.1) is 7.92 Å². The summed E-state index contributed by atoms with van der Waals surface area (Å²) in [7, 11) is 0.790. The minimum atomic E-state index is -0.662. The van der Waals surface area contributed by atoms with Crippen LogP contribution in [0.4, 0.5) is 0 Å². The third-order valence-electron chi connectivity index (χ3n) is 5.37. The topological polar surface area (TPSA) is 0 Å². The Labute approximate surface area is 173 Å². The van der Waals surface area contributed by atoms with Gasteiger partial charge in [-0.2, -0.15) is 0 Å². The number of allylic oxidation sites excluding steroid dienone is 2. The van der Waals surface area contributed by atoms with E-state index in [0.29, 0.717) is 0 Å². The lowest BCUT2D eigenvalue weighted by molar-refractivity contribution is 0.716. The normalized spacial score (nSPS) is 18.8. The number of hydrogen-bond acceptors (Lipinski definition) is 0. The highest BCUT2D eigenvalue weighted by molar-refractivity contribution is 7.68. The van der Waals surface area contributed by atoms with Crippen molar-refractivity contribution in [2.24, 2.45) is 0 Å². The molecule has 0 aliphatic carbocycles. The molecule has 2 aromatic rings. The fourth-order valence-electron chi connectivity index (χ4n) is 3.23. The molecule has 1 atom stereocenters. The molecule has 3 rings (SSSR count). The van der Waals surface area contributed by atoms with Gasteiger partial charge in [0.15, 0.2) is 0 Å². The second-order valence-electron chi connectivity index (χ2n) is 7.33. The number of hydrogen-bond donors (Lipinski definition) is 0. The van der Waals surface area contributed by atoms with Crippen molar-refractivity contribution in [2.45, 2.75) is 39.3 Å². The monoisotopic (exact) mass is 400 g/mol. The molecule has 1 unspecified atom stereocenters. The lowest BCUT2D eigenvalue weighted by Crippen LogP contribution is -2.18. The van der Waals surface area contributed by atoms with Crippen LogP contribution in [-0.4, -0.2) is 16.6 Å². The summed E-state index contributed by atoms with van der Waals surface area (Å²) in [5, 5.41) is 1.74. The van der Waals surface area contributed by atoms with Crippen LogP contribution in [0.5, 0.6) is 0 Å². The zero-order chi connectivity index (χ0) is 20.0. The van der Waals surface area contributed by atoms with Crippen LogP contribution >= 0.6 is 16.1 Å². The zero-order valence-electron chi connectivity index (χ0n) is 17.1. The lowest BCUT2D eigenvalue weighted by Gasteiger charge is -2.24. The average Bonchev–Trinajstić information content (AvgIpc) is 2.92. The van der Waals surface area contributed by atoms with Gasteiger partial charge in [0.1, 0.15) is 0 Å². The first-order chi connectivity index (χ1) is 13.5. The Morgan fingerprint density at radius 3 is 1.75 bits per heavy atom. The molecule has 1 heterocycles. The van der Waals surface area contributed by atoms with Gasteiger partial charge in [-0.3, -0.25) is 0 Å². The second kappa shape index (κ2) is 9.40. The van der Waals surface area contributed by atoms with Crippen molar-refractivity contribution in [1.82, 2.24) is 0 Å². The molecule has 0 spiro atoms. The molecular weight excluding hydrogens is 374 g/mol. The van der Waals surface area contributed by atoms with Crippen LogP contribution in [0.25, 0.3) is 0 Å². The number of rotatable bonds is 3. The molecule has 0 radical (unpaired) electrons. The van der Waals surface area contributed by atoms with Gasteiger partial charge in [0, 0.05) is 16.3 Å². The van der Waals surface area contributed by atoms with Gasteiger partial charge in [0.25, 0.3) is 0 Å². The van der Waals surface area contributed by atoms with Gasteiger partial charge < -0.3 is 0 Å². The van der Waals surface area contributed by atoms with Gasteiger partial charge in [-0.05, 0) is 75.4 Å². The summed E-state index contributed by atoms with van der Waals surface area (Å²) in [6.07, 6.45) is 2.18. The summed E-state index contributed by atoms with van der Waals surface area (Å²) in [6, 6.07) is 20.5. The summed E-state index contributed by atoms with van der Waals surface area (Å²) >= 11 is 0. The van der Waals surface area contributed by atoms with Crippen molar-refractivity contribution in [3.05, 3.63) is 82.9 Å². The highest BCUT2D eigenvalue weighted by atomic mass is 31.1. The molecule has 0 saturated carbocycles. The van der Waals surface area contributed by atoms with E-state index in [9.17, 15) is 0 Å². The highest BCUT2D eigenvalue weighted by Gasteiger charge is 2.31. The van der Waals surface area contributed by atoms with E-state index in [0.717, 1.165) is 23.7 Å².